The predicted octanol–water partition coefficient (Wildman–Crippen LogP) is 1.41. The van der Waals surface area contributed by atoms with Gasteiger partial charge in [0.15, 0.2) is 0 Å². The van der Waals surface area contributed by atoms with Crippen LogP contribution in [0.1, 0.15) is 31.4 Å². The quantitative estimate of drug-likeness (QED) is 0.770. The molecule has 4 heterocycles. The summed E-state index contributed by atoms with van der Waals surface area (Å²) in [5.74, 6) is 1.45. The maximum absolute atomic E-state index is 13.0. The molecular weight excluding hydrogens is 364 g/mol. The molecule has 4 rings (SSSR count). The molecule has 7 heteroatoms. The molecule has 0 aromatic carbocycles. The van der Waals surface area contributed by atoms with Crippen LogP contribution >= 0.6 is 0 Å². The summed E-state index contributed by atoms with van der Waals surface area (Å²) in [5.41, 5.74) is 0.478. The molecule has 0 N–H and O–H groups in total. The van der Waals surface area contributed by atoms with Crippen LogP contribution in [0.15, 0.2) is 18.2 Å². The third-order valence-corrected chi connectivity index (χ3v) is 6.77. The zero-order valence-corrected chi connectivity index (χ0v) is 17.5. The minimum absolute atomic E-state index is 0.166. The van der Waals surface area contributed by atoms with Crippen molar-refractivity contribution >= 4 is 11.7 Å². The minimum atomic E-state index is 0.166. The molecule has 0 unspecified atom stereocenters. The molecule has 0 spiro atoms. The zero-order chi connectivity index (χ0) is 20.2. The highest BCUT2D eigenvalue weighted by Crippen LogP contribution is 2.27. The second-order valence-corrected chi connectivity index (χ2v) is 8.67. The van der Waals surface area contributed by atoms with Crippen LogP contribution in [0.25, 0.3) is 0 Å². The monoisotopic (exact) mass is 396 g/mol. The van der Waals surface area contributed by atoms with E-state index in [1.165, 1.54) is 0 Å². The highest BCUT2D eigenvalue weighted by atomic mass is 16.2. The van der Waals surface area contributed by atoms with Crippen molar-refractivity contribution in [3.05, 3.63) is 23.9 Å². The van der Waals surface area contributed by atoms with E-state index in [2.05, 4.69) is 37.7 Å². The number of piperidine rings is 2. The van der Waals surface area contributed by atoms with Crippen LogP contribution in [0.5, 0.6) is 0 Å². The van der Waals surface area contributed by atoms with Crippen LogP contribution in [0, 0.1) is 17.2 Å². The number of anilines is 1. The fraction of sp³-hybridized carbons (Fsp3) is 0.682. The summed E-state index contributed by atoms with van der Waals surface area (Å²) in [6.45, 7) is 7.67. The summed E-state index contributed by atoms with van der Waals surface area (Å²) < 4.78 is 0. The van der Waals surface area contributed by atoms with Crippen molar-refractivity contribution in [1.29, 1.82) is 5.26 Å². The van der Waals surface area contributed by atoms with E-state index in [-0.39, 0.29) is 5.92 Å². The standard InChI is InChI=1S/C22H32N6O/c1-25-12-14-27(15-13-25)22(29)18-4-3-9-28(17-18)20-7-10-26(11-8-20)21-6-2-5-19(16-23)24-21/h2,5-6,18,20H,3-4,7-15,17H2,1H3/t18-/m0/s1. The lowest BCUT2D eigenvalue weighted by molar-refractivity contribution is -0.139. The van der Waals surface area contributed by atoms with Crippen molar-refractivity contribution in [3.63, 3.8) is 0 Å². The van der Waals surface area contributed by atoms with Crippen molar-refractivity contribution in [1.82, 2.24) is 19.7 Å². The third-order valence-electron chi connectivity index (χ3n) is 6.77. The summed E-state index contributed by atoms with van der Waals surface area (Å²) >= 11 is 0. The Hall–Kier alpha value is -2.17. The SMILES string of the molecule is CN1CCN(C(=O)[C@H]2CCCN(C3CCN(c4cccc(C#N)n4)CC3)C2)CC1. The average molecular weight is 397 g/mol. The summed E-state index contributed by atoms with van der Waals surface area (Å²) in [6, 6.07) is 8.33. The second kappa shape index (κ2) is 9.10. The third kappa shape index (κ3) is 4.71. The van der Waals surface area contributed by atoms with Crippen molar-refractivity contribution in [2.24, 2.45) is 5.92 Å². The maximum Gasteiger partial charge on any atom is 0.227 e. The molecule has 1 aromatic heterocycles. The highest BCUT2D eigenvalue weighted by molar-refractivity contribution is 5.79. The van der Waals surface area contributed by atoms with Crippen LogP contribution in [-0.2, 0) is 4.79 Å². The number of rotatable bonds is 3. The molecule has 3 aliphatic rings. The molecule has 156 valence electrons. The number of carbonyl (C=O) groups excluding carboxylic acids is 1. The fourth-order valence-corrected chi connectivity index (χ4v) is 4.95. The van der Waals surface area contributed by atoms with Crippen molar-refractivity contribution < 1.29 is 4.79 Å². The number of likely N-dealkylation sites (tertiary alicyclic amines) is 1. The van der Waals surface area contributed by atoms with E-state index < -0.39 is 0 Å². The van der Waals surface area contributed by atoms with E-state index in [9.17, 15) is 4.79 Å². The smallest absolute Gasteiger partial charge is 0.227 e. The number of carbonyl (C=O) groups is 1. The summed E-state index contributed by atoms with van der Waals surface area (Å²) in [7, 11) is 2.13. The largest absolute Gasteiger partial charge is 0.356 e. The van der Waals surface area contributed by atoms with Crippen LogP contribution in [-0.4, -0.2) is 91.0 Å². The van der Waals surface area contributed by atoms with Crippen molar-refractivity contribution in [2.75, 3.05) is 64.3 Å². The predicted molar refractivity (Wildman–Crippen MR) is 113 cm³/mol. The molecule has 29 heavy (non-hydrogen) atoms. The zero-order valence-electron chi connectivity index (χ0n) is 17.5. The molecule has 0 aliphatic carbocycles. The van der Waals surface area contributed by atoms with Gasteiger partial charge in [-0.05, 0) is 51.4 Å². The van der Waals surface area contributed by atoms with E-state index in [0.717, 1.165) is 83.9 Å². The Morgan fingerprint density at radius 2 is 1.83 bits per heavy atom. The molecule has 1 atom stereocenters. The highest BCUT2D eigenvalue weighted by Gasteiger charge is 2.34. The summed E-state index contributed by atoms with van der Waals surface area (Å²) in [5, 5.41) is 9.08. The number of pyridine rings is 1. The van der Waals surface area contributed by atoms with Crippen LogP contribution in [0.2, 0.25) is 0 Å². The molecule has 1 aromatic rings. The van der Waals surface area contributed by atoms with Gasteiger partial charge >= 0.3 is 0 Å². The van der Waals surface area contributed by atoms with Gasteiger partial charge in [0.1, 0.15) is 17.6 Å². The lowest BCUT2D eigenvalue weighted by Gasteiger charge is -2.43. The van der Waals surface area contributed by atoms with Gasteiger partial charge in [-0.25, -0.2) is 4.98 Å². The van der Waals surface area contributed by atoms with E-state index in [1.54, 1.807) is 6.07 Å². The van der Waals surface area contributed by atoms with Gasteiger partial charge < -0.3 is 14.7 Å². The first kappa shape index (κ1) is 20.1. The Morgan fingerprint density at radius 1 is 1.07 bits per heavy atom. The van der Waals surface area contributed by atoms with Crippen LogP contribution in [0.3, 0.4) is 0 Å². The molecular formula is C22H32N6O. The summed E-state index contributed by atoms with van der Waals surface area (Å²) in [4.78, 5) is 26.7. The molecule has 1 amide bonds. The molecule has 0 saturated carbocycles. The number of likely N-dealkylation sites (N-methyl/N-ethyl adjacent to an activating group) is 1. The van der Waals surface area contributed by atoms with Gasteiger partial charge in [-0.3, -0.25) is 9.69 Å². The first-order chi connectivity index (χ1) is 14.1. The first-order valence-corrected chi connectivity index (χ1v) is 11.0. The van der Waals surface area contributed by atoms with Gasteiger partial charge in [-0.2, -0.15) is 5.26 Å². The second-order valence-electron chi connectivity index (χ2n) is 8.67. The molecule has 3 aliphatic heterocycles. The number of nitriles is 1. The molecule has 0 radical (unpaired) electrons. The normalized spacial score (nSPS) is 25.0. The van der Waals surface area contributed by atoms with Gasteiger partial charge in [-0.1, -0.05) is 6.07 Å². The Bertz CT molecular complexity index is 746. The topological polar surface area (TPSA) is 66.7 Å². The van der Waals surface area contributed by atoms with Gasteiger partial charge in [0.05, 0.1) is 5.92 Å². The number of nitrogens with zero attached hydrogens (tertiary/aromatic N) is 6. The number of piperazine rings is 1. The first-order valence-electron chi connectivity index (χ1n) is 11.0. The minimum Gasteiger partial charge on any atom is -0.356 e. The lowest BCUT2D eigenvalue weighted by atomic mass is 9.92. The van der Waals surface area contributed by atoms with E-state index >= 15 is 0 Å². The summed E-state index contributed by atoms with van der Waals surface area (Å²) in [6.07, 6.45) is 4.34. The molecule has 0 bridgehead atoms. The molecule has 3 fully saturated rings. The van der Waals surface area contributed by atoms with Gasteiger partial charge in [0, 0.05) is 51.9 Å². The van der Waals surface area contributed by atoms with Crippen LogP contribution < -0.4 is 4.90 Å². The van der Waals surface area contributed by atoms with Gasteiger partial charge in [0.2, 0.25) is 5.91 Å². The number of hydrogen-bond donors (Lipinski definition) is 0. The molecule has 3 saturated heterocycles. The number of aromatic nitrogens is 1. The average Bonchev–Trinajstić information content (AvgIpc) is 2.79. The molecule has 7 nitrogen and oxygen atoms in total. The van der Waals surface area contributed by atoms with E-state index in [1.807, 2.05) is 12.1 Å². The maximum atomic E-state index is 13.0. The van der Waals surface area contributed by atoms with Crippen molar-refractivity contribution in [3.8, 4) is 6.07 Å². The van der Waals surface area contributed by atoms with Crippen molar-refractivity contribution in [2.45, 2.75) is 31.7 Å². The number of hydrogen-bond acceptors (Lipinski definition) is 6. The number of amides is 1. The Kier molecular flexibility index (Phi) is 6.31. The lowest BCUT2D eigenvalue weighted by Crippen LogP contribution is -2.54. The fourth-order valence-electron chi connectivity index (χ4n) is 4.95. The van der Waals surface area contributed by atoms with E-state index in [4.69, 9.17) is 5.26 Å². The van der Waals surface area contributed by atoms with Gasteiger partial charge in [-0.15, -0.1) is 0 Å². The van der Waals surface area contributed by atoms with Gasteiger partial charge in [0.25, 0.3) is 0 Å². The Balaban J connectivity index is 1.30. The van der Waals surface area contributed by atoms with Crippen LogP contribution in [0.4, 0.5) is 5.82 Å². The Morgan fingerprint density at radius 3 is 2.55 bits per heavy atom. The Labute approximate surface area is 173 Å². The van der Waals surface area contributed by atoms with E-state index in [0.29, 0.717) is 17.6 Å².